The number of rotatable bonds is 0. The maximum absolute atomic E-state index is 6.12. The zero-order chi connectivity index (χ0) is 12.1. The summed E-state index contributed by atoms with van der Waals surface area (Å²) in [4.78, 5) is 4.66. The highest BCUT2D eigenvalue weighted by Crippen LogP contribution is 2.37. The van der Waals surface area contributed by atoms with Crippen molar-refractivity contribution in [2.24, 2.45) is 0 Å². The average Bonchev–Trinajstić information content (AvgIpc) is 2.77. The molecule has 0 radical (unpaired) electrons. The maximum atomic E-state index is 6.12. The van der Waals surface area contributed by atoms with E-state index in [1.807, 2.05) is 30.3 Å². The minimum absolute atomic E-state index is 0.768. The fourth-order valence-corrected chi connectivity index (χ4v) is 3.53. The summed E-state index contributed by atoms with van der Waals surface area (Å²) < 4.78 is 2.20. The zero-order valence-corrected chi connectivity index (χ0v) is 11.0. The number of benzene rings is 2. The van der Waals surface area contributed by atoms with Gasteiger partial charge in [0.1, 0.15) is 0 Å². The van der Waals surface area contributed by atoms with E-state index in [9.17, 15) is 0 Å². The molecule has 4 rings (SSSR count). The molecule has 88 valence electrons. The van der Waals surface area contributed by atoms with Gasteiger partial charge in [0.25, 0.3) is 0 Å². The van der Waals surface area contributed by atoms with E-state index in [4.69, 9.17) is 11.6 Å². The third-order valence-electron chi connectivity index (χ3n) is 3.18. The molecule has 0 unspecified atom stereocenters. The van der Waals surface area contributed by atoms with Crippen LogP contribution in [0.4, 0.5) is 0 Å². The van der Waals surface area contributed by atoms with Gasteiger partial charge in [-0.2, -0.15) is 0 Å². The summed E-state index contributed by atoms with van der Waals surface area (Å²) >= 11 is 7.89. The maximum Gasteiger partial charge on any atom is 0.174 e. The van der Waals surface area contributed by atoms with Gasteiger partial charge in [-0.3, -0.25) is 4.57 Å². The number of para-hydroxylation sites is 2. The van der Waals surface area contributed by atoms with Gasteiger partial charge in [0.15, 0.2) is 5.16 Å². The van der Waals surface area contributed by atoms with Crippen LogP contribution in [0.25, 0.3) is 16.7 Å². The van der Waals surface area contributed by atoms with E-state index < -0.39 is 0 Å². The van der Waals surface area contributed by atoms with E-state index in [2.05, 4.69) is 21.7 Å². The Morgan fingerprint density at radius 3 is 3.00 bits per heavy atom. The van der Waals surface area contributed by atoms with Crippen molar-refractivity contribution in [2.45, 2.75) is 10.9 Å². The largest absolute Gasteiger partial charge is 0.287 e. The number of halogens is 1. The fourth-order valence-electron chi connectivity index (χ4n) is 2.34. The molecule has 0 amide bonds. The average molecular weight is 273 g/mol. The van der Waals surface area contributed by atoms with Crippen molar-refractivity contribution in [3.8, 4) is 5.69 Å². The van der Waals surface area contributed by atoms with Gasteiger partial charge >= 0.3 is 0 Å². The number of fused-ring (bicyclic) bond motifs is 5. The molecule has 1 aromatic heterocycles. The van der Waals surface area contributed by atoms with E-state index in [-0.39, 0.29) is 0 Å². The van der Waals surface area contributed by atoms with E-state index >= 15 is 0 Å². The molecule has 1 aliphatic heterocycles. The molecule has 0 aliphatic carbocycles. The Morgan fingerprint density at radius 1 is 1.17 bits per heavy atom. The number of hydrogen-bond acceptors (Lipinski definition) is 2. The highest BCUT2D eigenvalue weighted by Gasteiger charge is 2.20. The summed E-state index contributed by atoms with van der Waals surface area (Å²) in [5.41, 5.74) is 4.64. The highest BCUT2D eigenvalue weighted by molar-refractivity contribution is 7.98. The molecular formula is C14H9ClN2S. The van der Waals surface area contributed by atoms with Crippen LogP contribution >= 0.6 is 23.4 Å². The molecule has 0 N–H and O–H groups in total. The molecule has 0 bridgehead atoms. The summed E-state index contributed by atoms with van der Waals surface area (Å²) in [6, 6.07) is 14.3. The second kappa shape index (κ2) is 3.77. The standard InChI is InChI=1S/C14H9ClN2S/c15-10-6-5-9-8-18-14-16-11-3-1-2-4-12(11)17(14)13(9)7-10/h1-7H,8H2. The number of imidazole rings is 1. The van der Waals surface area contributed by atoms with E-state index in [0.717, 1.165) is 32.7 Å². The molecule has 0 fully saturated rings. The summed E-state index contributed by atoms with van der Waals surface area (Å²) in [6.07, 6.45) is 0. The quantitative estimate of drug-likeness (QED) is 0.608. The first-order chi connectivity index (χ1) is 8.83. The van der Waals surface area contributed by atoms with Gasteiger partial charge in [-0.25, -0.2) is 4.98 Å². The lowest BCUT2D eigenvalue weighted by Gasteiger charge is -2.18. The van der Waals surface area contributed by atoms with Crippen LogP contribution in [0.3, 0.4) is 0 Å². The van der Waals surface area contributed by atoms with Gasteiger partial charge < -0.3 is 0 Å². The van der Waals surface area contributed by atoms with E-state index in [1.165, 1.54) is 5.56 Å². The summed E-state index contributed by atoms with van der Waals surface area (Å²) in [5.74, 6) is 0.954. The van der Waals surface area contributed by atoms with Crippen molar-refractivity contribution in [1.29, 1.82) is 0 Å². The monoisotopic (exact) mass is 272 g/mol. The van der Waals surface area contributed by atoms with Crippen molar-refractivity contribution in [1.82, 2.24) is 9.55 Å². The van der Waals surface area contributed by atoms with Crippen LogP contribution in [-0.2, 0) is 5.75 Å². The van der Waals surface area contributed by atoms with Gasteiger partial charge in [-0.1, -0.05) is 41.6 Å². The van der Waals surface area contributed by atoms with Crippen molar-refractivity contribution < 1.29 is 0 Å². The number of thioether (sulfide) groups is 1. The predicted molar refractivity (Wildman–Crippen MR) is 75.6 cm³/mol. The lowest BCUT2D eigenvalue weighted by molar-refractivity contribution is 0.894. The zero-order valence-electron chi connectivity index (χ0n) is 9.43. The van der Waals surface area contributed by atoms with Crippen LogP contribution in [0.5, 0.6) is 0 Å². The molecule has 0 saturated heterocycles. The smallest absolute Gasteiger partial charge is 0.174 e. The molecule has 0 spiro atoms. The molecule has 1 aliphatic rings. The lowest BCUT2D eigenvalue weighted by Crippen LogP contribution is -2.05. The van der Waals surface area contributed by atoms with E-state index in [0.29, 0.717) is 0 Å². The second-order valence-electron chi connectivity index (χ2n) is 4.28. The Hall–Kier alpha value is -1.45. The fraction of sp³-hybridized carbons (Fsp3) is 0.0714. The molecule has 18 heavy (non-hydrogen) atoms. The Labute approximate surface area is 114 Å². The molecule has 2 heterocycles. The number of aromatic nitrogens is 2. The first-order valence-corrected chi connectivity index (χ1v) is 7.08. The van der Waals surface area contributed by atoms with Gasteiger partial charge in [-0.15, -0.1) is 0 Å². The molecule has 3 aromatic rings. The van der Waals surface area contributed by atoms with Crippen molar-refractivity contribution >= 4 is 34.4 Å². The first-order valence-electron chi connectivity index (χ1n) is 5.72. The topological polar surface area (TPSA) is 17.8 Å². The van der Waals surface area contributed by atoms with Gasteiger partial charge in [0.05, 0.1) is 16.7 Å². The van der Waals surface area contributed by atoms with Crippen molar-refractivity contribution in [2.75, 3.05) is 0 Å². The van der Waals surface area contributed by atoms with Gasteiger partial charge in [0, 0.05) is 10.8 Å². The molecule has 0 saturated carbocycles. The summed E-state index contributed by atoms with van der Waals surface area (Å²) in [7, 11) is 0. The minimum Gasteiger partial charge on any atom is -0.287 e. The van der Waals surface area contributed by atoms with Crippen LogP contribution in [0, 0.1) is 0 Å². The number of hydrogen-bond donors (Lipinski definition) is 0. The molecule has 2 nitrogen and oxygen atoms in total. The van der Waals surface area contributed by atoms with Crippen LogP contribution in [0.1, 0.15) is 5.56 Å². The minimum atomic E-state index is 0.768. The molecule has 4 heteroatoms. The molecule has 0 atom stereocenters. The van der Waals surface area contributed by atoms with Gasteiger partial charge in [-0.05, 0) is 29.8 Å². The van der Waals surface area contributed by atoms with Crippen LogP contribution in [-0.4, -0.2) is 9.55 Å². The molecule has 2 aromatic carbocycles. The van der Waals surface area contributed by atoms with Crippen LogP contribution in [0.15, 0.2) is 47.6 Å². The first kappa shape index (κ1) is 10.5. The Morgan fingerprint density at radius 2 is 2.06 bits per heavy atom. The van der Waals surface area contributed by atoms with Crippen molar-refractivity contribution in [3.05, 3.63) is 53.1 Å². The SMILES string of the molecule is Clc1ccc2c(c1)-n1c(nc3ccccc31)SC2. The van der Waals surface area contributed by atoms with E-state index in [1.54, 1.807) is 11.8 Å². The second-order valence-corrected chi connectivity index (χ2v) is 5.66. The normalized spacial score (nSPS) is 13.4. The lowest BCUT2D eigenvalue weighted by atomic mass is 10.2. The third kappa shape index (κ3) is 1.41. The predicted octanol–water partition coefficient (Wildman–Crippen LogP) is 4.28. The Balaban J connectivity index is 2.12. The summed E-state index contributed by atoms with van der Waals surface area (Å²) in [5, 5.41) is 1.82. The van der Waals surface area contributed by atoms with Crippen LogP contribution < -0.4 is 0 Å². The number of nitrogens with zero attached hydrogens (tertiary/aromatic N) is 2. The molecular weight excluding hydrogens is 264 g/mol. The Kier molecular flexibility index (Phi) is 2.19. The third-order valence-corrected chi connectivity index (χ3v) is 4.40. The summed E-state index contributed by atoms with van der Waals surface area (Å²) in [6.45, 7) is 0. The Bertz CT molecular complexity index is 764. The van der Waals surface area contributed by atoms with Crippen LogP contribution in [0.2, 0.25) is 5.02 Å². The van der Waals surface area contributed by atoms with Gasteiger partial charge in [0.2, 0.25) is 0 Å². The van der Waals surface area contributed by atoms with Crippen molar-refractivity contribution in [3.63, 3.8) is 0 Å². The highest BCUT2D eigenvalue weighted by atomic mass is 35.5.